The van der Waals surface area contributed by atoms with Crippen LogP contribution in [0.5, 0.6) is 5.75 Å². The highest BCUT2D eigenvalue weighted by Crippen LogP contribution is 2.30. The topological polar surface area (TPSA) is 92.4 Å². The molecule has 3 aromatic carbocycles. The van der Waals surface area contributed by atoms with Crippen LogP contribution in [0.15, 0.2) is 84.0 Å². The van der Waals surface area contributed by atoms with Gasteiger partial charge in [0.15, 0.2) is 0 Å². The van der Waals surface area contributed by atoms with Crippen molar-refractivity contribution in [3.05, 3.63) is 89.7 Å². The number of benzene rings is 3. The van der Waals surface area contributed by atoms with Crippen molar-refractivity contribution in [2.24, 2.45) is 0 Å². The predicted molar refractivity (Wildman–Crippen MR) is 157 cm³/mol. The van der Waals surface area contributed by atoms with E-state index < -0.39 is 10.0 Å². The molecule has 0 saturated carbocycles. The van der Waals surface area contributed by atoms with Crippen LogP contribution in [0, 0.1) is 0 Å². The van der Waals surface area contributed by atoms with Gasteiger partial charge < -0.3 is 15.4 Å². The van der Waals surface area contributed by atoms with Crippen LogP contribution in [0.3, 0.4) is 0 Å². The Morgan fingerprint density at radius 1 is 1.00 bits per heavy atom. The summed E-state index contributed by atoms with van der Waals surface area (Å²) >= 11 is 6.21. The van der Waals surface area contributed by atoms with Gasteiger partial charge in [-0.25, -0.2) is 13.1 Å². The summed E-state index contributed by atoms with van der Waals surface area (Å²) in [5.41, 5.74) is 2.92. The van der Waals surface area contributed by atoms with Crippen LogP contribution >= 0.6 is 11.6 Å². The van der Waals surface area contributed by atoms with Gasteiger partial charge in [0.25, 0.3) is 0 Å². The molecule has 9 heteroatoms. The van der Waals surface area contributed by atoms with E-state index in [0.717, 1.165) is 66.7 Å². The fourth-order valence-electron chi connectivity index (χ4n) is 4.83. The first-order chi connectivity index (χ1) is 19.0. The molecule has 1 aliphatic rings. The van der Waals surface area contributed by atoms with Crippen molar-refractivity contribution < 1.29 is 13.2 Å². The molecule has 4 aromatic rings. The Morgan fingerprint density at radius 3 is 2.69 bits per heavy atom. The van der Waals surface area contributed by atoms with E-state index in [2.05, 4.69) is 20.3 Å². The van der Waals surface area contributed by atoms with E-state index in [1.54, 1.807) is 24.5 Å². The maximum atomic E-state index is 13.3. The molecular formula is C30H33ClN4O3S. The van der Waals surface area contributed by atoms with Gasteiger partial charge in [0.05, 0.1) is 4.90 Å². The molecule has 3 N–H and O–H groups in total. The van der Waals surface area contributed by atoms with E-state index in [1.807, 2.05) is 54.6 Å². The van der Waals surface area contributed by atoms with Crippen LogP contribution in [0.2, 0.25) is 5.02 Å². The molecule has 5 rings (SSSR count). The minimum absolute atomic E-state index is 0.176. The van der Waals surface area contributed by atoms with Gasteiger partial charge in [0.1, 0.15) is 11.9 Å². The van der Waals surface area contributed by atoms with Crippen LogP contribution < -0.4 is 20.1 Å². The first-order valence-corrected chi connectivity index (χ1v) is 15.1. The van der Waals surface area contributed by atoms with Crippen LogP contribution in [0.1, 0.15) is 18.4 Å². The monoisotopic (exact) mass is 564 g/mol. The Bertz CT molecular complexity index is 1510. The van der Waals surface area contributed by atoms with Crippen molar-refractivity contribution in [1.29, 1.82) is 0 Å². The second-order valence-electron chi connectivity index (χ2n) is 9.67. The zero-order chi connectivity index (χ0) is 27.1. The molecule has 7 nitrogen and oxygen atoms in total. The number of ether oxygens (including phenoxy) is 1. The molecule has 1 fully saturated rings. The SMILES string of the molecule is O=S(=O)(NCCNCCCc1ccc(Cl)cc1OC1CCNC1)c1cc(-c2ccccc2)cc2cnccc12. The Kier molecular flexibility index (Phi) is 9.11. The third kappa shape index (κ3) is 7.15. The summed E-state index contributed by atoms with van der Waals surface area (Å²) in [6.07, 6.45) is 6.22. The summed E-state index contributed by atoms with van der Waals surface area (Å²) in [5, 5.41) is 8.77. The van der Waals surface area contributed by atoms with Gasteiger partial charge in [-0.3, -0.25) is 4.98 Å². The molecule has 1 saturated heterocycles. The number of aryl methyl sites for hydroxylation is 1. The molecule has 1 atom stereocenters. The average Bonchev–Trinajstić information content (AvgIpc) is 3.46. The Balaban J connectivity index is 1.15. The van der Waals surface area contributed by atoms with E-state index in [1.165, 1.54) is 0 Å². The van der Waals surface area contributed by atoms with E-state index in [9.17, 15) is 8.42 Å². The van der Waals surface area contributed by atoms with Crippen molar-refractivity contribution in [3.63, 3.8) is 0 Å². The molecule has 1 aromatic heterocycles. The standard InChI is InChI=1S/C30H33ClN4O3S/c31-26-9-8-23(29(19-26)38-27-10-13-34-21-27)7-4-12-32-15-16-35-39(36,37)30-18-24(22-5-2-1-3-6-22)17-25-20-33-14-11-28(25)30/h1-3,5-6,8-9,11,14,17-20,27,32,34-35H,4,7,10,12-13,15-16,21H2. The van der Waals surface area contributed by atoms with Crippen molar-refractivity contribution in [2.75, 3.05) is 32.7 Å². The number of nitrogens with zero attached hydrogens (tertiary/aromatic N) is 1. The maximum absolute atomic E-state index is 13.3. The number of hydrogen-bond acceptors (Lipinski definition) is 6. The third-order valence-corrected chi connectivity index (χ3v) is 8.58. The lowest BCUT2D eigenvalue weighted by Gasteiger charge is -2.16. The third-order valence-electron chi connectivity index (χ3n) is 6.84. The van der Waals surface area contributed by atoms with E-state index in [4.69, 9.17) is 16.3 Å². The van der Waals surface area contributed by atoms with Crippen LogP contribution in [0.4, 0.5) is 0 Å². The number of rotatable bonds is 12. The quantitative estimate of drug-likeness (QED) is 0.214. The summed E-state index contributed by atoms with van der Waals surface area (Å²) in [5.74, 6) is 0.851. The van der Waals surface area contributed by atoms with Crippen molar-refractivity contribution in [1.82, 2.24) is 20.3 Å². The number of aromatic nitrogens is 1. The molecule has 2 heterocycles. The van der Waals surface area contributed by atoms with Gasteiger partial charge in [0, 0.05) is 47.8 Å². The number of nitrogens with one attached hydrogen (secondary N) is 3. The van der Waals surface area contributed by atoms with Crippen LogP contribution in [-0.2, 0) is 16.4 Å². The zero-order valence-corrected chi connectivity index (χ0v) is 23.3. The van der Waals surface area contributed by atoms with Gasteiger partial charge in [-0.15, -0.1) is 0 Å². The van der Waals surface area contributed by atoms with Crippen molar-refractivity contribution >= 4 is 32.4 Å². The van der Waals surface area contributed by atoms with Crippen molar-refractivity contribution in [3.8, 4) is 16.9 Å². The molecule has 0 aliphatic carbocycles. The normalized spacial score (nSPS) is 15.6. The highest BCUT2D eigenvalue weighted by Gasteiger charge is 2.19. The summed E-state index contributed by atoms with van der Waals surface area (Å²) in [6.45, 7) is 3.39. The van der Waals surface area contributed by atoms with Gasteiger partial charge in [-0.1, -0.05) is 48.0 Å². The summed E-state index contributed by atoms with van der Waals surface area (Å²) in [6, 6.07) is 21.0. The molecule has 204 valence electrons. The van der Waals surface area contributed by atoms with Gasteiger partial charge in [-0.05, 0) is 79.4 Å². The Labute approximate surface area is 235 Å². The number of pyridine rings is 1. The minimum Gasteiger partial charge on any atom is -0.489 e. The lowest BCUT2D eigenvalue weighted by Crippen LogP contribution is -2.32. The number of fused-ring (bicyclic) bond motifs is 1. The maximum Gasteiger partial charge on any atom is 0.241 e. The minimum atomic E-state index is -3.73. The van der Waals surface area contributed by atoms with E-state index in [-0.39, 0.29) is 17.5 Å². The molecule has 0 radical (unpaired) electrons. The summed E-state index contributed by atoms with van der Waals surface area (Å²) in [7, 11) is -3.73. The lowest BCUT2D eigenvalue weighted by molar-refractivity contribution is 0.221. The number of sulfonamides is 1. The molecule has 0 bridgehead atoms. The Morgan fingerprint density at radius 2 is 1.87 bits per heavy atom. The average molecular weight is 565 g/mol. The fraction of sp³-hybridized carbons (Fsp3) is 0.300. The van der Waals surface area contributed by atoms with E-state index in [0.29, 0.717) is 17.0 Å². The van der Waals surface area contributed by atoms with Gasteiger partial charge in [-0.2, -0.15) is 0 Å². The van der Waals surface area contributed by atoms with Gasteiger partial charge in [0.2, 0.25) is 10.0 Å². The summed E-state index contributed by atoms with van der Waals surface area (Å²) < 4.78 is 35.6. The molecule has 0 spiro atoms. The number of halogens is 1. The molecular weight excluding hydrogens is 532 g/mol. The second kappa shape index (κ2) is 12.9. The second-order valence-corrected chi connectivity index (χ2v) is 11.8. The Hall–Kier alpha value is -3.01. The van der Waals surface area contributed by atoms with Crippen LogP contribution in [-0.4, -0.2) is 52.2 Å². The summed E-state index contributed by atoms with van der Waals surface area (Å²) in [4.78, 5) is 4.45. The predicted octanol–water partition coefficient (Wildman–Crippen LogP) is 4.80. The lowest BCUT2D eigenvalue weighted by atomic mass is 10.0. The first-order valence-electron chi connectivity index (χ1n) is 13.3. The van der Waals surface area contributed by atoms with Crippen molar-refractivity contribution in [2.45, 2.75) is 30.3 Å². The molecule has 0 amide bonds. The van der Waals surface area contributed by atoms with Gasteiger partial charge >= 0.3 is 0 Å². The molecule has 39 heavy (non-hydrogen) atoms. The van der Waals surface area contributed by atoms with E-state index >= 15 is 0 Å². The highest BCUT2D eigenvalue weighted by molar-refractivity contribution is 7.89. The zero-order valence-electron chi connectivity index (χ0n) is 21.7. The number of hydrogen-bond donors (Lipinski definition) is 3. The molecule has 1 unspecified atom stereocenters. The smallest absolute Gasteiger partial charge is 0.241 e. The largest absolute Gasteiger partial charge is 0.489 e. The molecule has 1 aliphatic heterocycles. The first kappa shape index (κ1) is 27.6. The van der Waals surface area contributed by atoms with Crippen LogP contribution in [0.25, 0.3) is 21.9 Å². The fourth-order valence-corrected chi connectivity index (χ4v) is 6.27. The highest BCUT2D eigenvalue weighted by atomic mass is 35.5.